The van der Waals surface area contributed by atoms with Crippen LogP contribution in [0, 0.1) is 21.8 Å². The standard InChI is InChI=1S/C29H34FN5O5/c30-24-10-8-21(9-11-24)26-19-27(23-6-3-7-25(18-23)35(38)39)34(31-26)28(36)20-33(29(37)22-4-1-2-5-22)13-12-32-14-16-40-17-15-32/h3,6-11,18,22,27H,1-2,4-5,12-17,19-20H2/t27-/m1/s1. The highest BCUT2D eigenvalue weighted by atomic mass is 19.1. The van der Waals surface area contributed by atoms with Crippen molar-refractivity contribution in [1.82, 2.24) is 14.8 Å². The van der Waals surface area contributed by atoms with E-state index in [1.807, 2.05) is 0 Å². The normalized spacial score (nSPS) is 20.0. The summed E-state index contributed by atoms with van der Waals surface area (Å²) in [5.74, 6) is -0.830. The van der Waals surface area contributed by atoms with Crippen molar-refractivity contribution in [3.8, 4) is 0 Å². The largest absolute Gasteiger partial charge is 0.379 e. The molecule has 40 heavy (non-hydrogen) atoms. The number of ether oxygens (including phenoxy) is 1. The molecule has 1 saturated heterocycles. The van der Waals surface area contributed by atoms with Gasteiger partial charge in [0, 0.05) is 50.7 Å². The number of nitro groups is 1. The van der Waals surface area contributed by atoms with Gasteiger partial charge in [-0.05, 0) is 36.1 Å². The summed E-state index contributed by atoms with van der Waals surface area (Å²) < 4.78 is 19.0. The Morgan fingerprint density at radius 2 is 1.82 bits per heavy atom. The molecule has 0 N–H and O–H groups in total. The summed E-state index contributed by atoms with van der Waals surface area (Å²) >= 11 is 0. The van der Waals surface area contributed by atoms with Gasteiger partial charge in [-0.3, -0.25) is 24.6 Å². The Bertz CT molecular complexity index is 1260. The van der Waals surface area contributed by atoms with Crippen LogP contribution in [-0.2, 0) is 14.3 Å². The molecule has 0 unspecified atom stereocenters. The Morgan fingerprint density at radius 3 is 2.52 bits per heavy atom. The highest BCUT2D eigenvalue weighted by molar-refractivity contribution is 6.03. The molecule has 1 aliphatic carbocycles. The molecular weight excluding hydrogens is 517 g/mol. The molecule has 2 aromatic rings. The van der Waals surface area contributed by atoms with Crippen LogP contribution in [0.2, 0.25) is 0 Å². The summed E-state index contributed by atoms with van der Waals surface area (Å²) in [4.78, 5) is 42.3. The zero-order valence-corrected chi connectivity index (χ0v) is 22.4. The second kappa shape index (κ2) is 12.6. The number of hydrazone groups is 1. The Kier molecular flexibility index (Phi) is 8.81. The summed E-state index contributed by atoms with van der Waals surface area (Å²) in [7, 11) is 0. The number of hydrogen-bond acceptors (Lipinski definition) is 7. The van der Waals surface area contributed by atoms with E-state index < -0.39 is 11.0 Å². The van der Waals surface area contributed by atoms with Crippen LogP contribution >= 0.6 is 0 Å². The van der Waals surface area contributed by atoms with Gasteiger partial charge in [-0.15, -0.1) is 0 Å². The lowest BCUT2D eigenvalue weighted by atomic mass is 9.98. The van der Waals surface area contributed by atoms with E-state index in [4.69, 9.17) is 4.74 Å². The molecule has 2 fully saturated rings. The quantitative estimate of drug-likeness (QED) is 0.347. The van der Waals surface area contributed by atoms with Crippen molar-refractivity contribution in [2.45, 2.75) is 38.1 Å². The minimum atomic E-state index is -0.588. The van der Waals surface area contributed by atoms with Gasteiger partial charge < -0.3 is 9.64 Å². The lowest BCUT2D eigenvalue weighted by molar-refractivity contribution is -0.385. The molecule has 1 atom stereocenters. The molecule has 10 nitrogen and oxygen atoms in total. The van der Waals surface area contributed by atoms with Crippen LogP contribution in [0.3, 0.4) is 0 Å². The predicted molar refractivity (Wildman–Crippen MR) is 146 cm³/mol. The van der Waals surface area contributed by atoms with Crippen molar-refractivity contribution in [3.05, 3.63) is 75.6 Å². The third-order valence-electron chi connectivity index (χ3n) is 7.94. The maximum Gasteiger partial charge on any atom is 0.269 e. The minimum absolute atomic E-state index is 0.00653. The summed E-state index contributed by atoms with van der Waals surface area (Å²) in [5.41, 5.74) is 1.74. The Labute approximate surface area is 232 Å². The Balaban J connectivity index is 1.40. The zero-order chi connectivity index (χ0) is 28.1. The predicted octanol–water partition coefficient (Wildman–Crippen LogP) is 3.76. The lowest BCUT2D eigenvalue weighted by Crippen LogP contribution is -2.47. The molecule has 0 aromatic heterocycles. The van der Waals surface area contributed by atoms with E-state index in [9.17, 15) is 24.1 Å². The van der Waals surface area contributed by atoms with Gasteiger partial charge in [0.15, 0.2) is 0 Å². The van der Waals surface area contributed by atoms with Crippen LogP contribution in [0.15, 0.2) is 53.6 Å². The minimum Gasteiger partial charge on any atom is -0.379 e. The Hall–Kier alpha value is -3.70. The maximum atomic E-state index is 13.9. The van der Waals surface area contributed by atoms with Gasteiger partial charge in [0.1, 0.15) is 12.4 Å². The van der Waals surface area contributed by atoms with Crippen molar-refractivity contribution < 1.29 is 23.6 Å². The number of benzene rings is 2. The summed E-state index contributed by atoms with van der Waals surface area (Å²) in [6.45, 7) is 3.80. The fraction of sp³-hybridized carbons (Fsp3) is 0.483. The molecule has 2 amide bonds. The topological polar surface area (TPSA) is 109 Å². The van der Waals surface area contributed by atoms with E-state index in [2.05, 4.69) is 10.0 Å². The molecule has 0 bridgehead atoms. The molecular formula is C29H34FN5O5. The third-order valence-corrected chi connectivity index (χ3v) is 7.94. The van der Waals surface area contributed by atoms with Crippen molar-refractivity contribution in [2.75, 3.05) is 45.9 Å². The highest BCUT2D eigenvalue weighted by Gasteiger charge is 2.36. The van der Waals surface area contributed by atoms with Crippen LogP contribution in [-0.4, -0.2) is 83.2 Å². The van der Waals surface area contributed by atoms with Crippen LogP contribution < -0.4 is 0 Å². The van der Waals surface area contributed by atoms with Gasteiger partial charge in [0.2, 0.25) is 5.91 Å². The maximum absolute atomic E-state index is 13.9. The van der Waals surface area contributed by atoms with Crippen LogP contribution in [0.1, 0.15) is 49.3 Å². The highest BCUT2D eigenvalue weighted by Crippen LogP contribution is 2.35. The molecule has 212 valence electrons. The second-order valence-electron chi connectivity index (χ2n) is 10.6. The number of carbonyl (C=O) groups excluding carboxylic acids is 2. The van der Waals surface area contributed by atoms with E-state index in [-0.39, 0.29) is 35.8 Å². The first-order chi connectivity index (χ1) is 19.4. The van der Waals surface area contributed by atoms with Gasteiger partial charge in [-0.2, -0.15) is 5.10 Å². The molecule has 2 aliphatic heterocycles. The van der Waals surface area contributed by atoms with E-state index in [0.29, 0.717) is 49.6 Å². The van der Waals surface area contributed by atoms with Gasteiger partial charge in [-0.1, -0.05) is 37.1 Å². The van der Waals surface area contributed by atoms with E-state index in [1.54, 1.807) is 29.2 Å². The number of non-ortho nitro benzene ring substituents is 1. The van der Waals surface area contributed by atoms with Crippen LogP contribution in [0.4, 0.5) is 10.1 Å². The first-order valence-electron chi connectivity index (χ1n) is 13.9. The van der Waals surface area contributed by atoms with E-state index in [1.165, 1.54) is 29.3 Å². The fourth-order valence-corrected chi connectivity index (χ4v) is 5.68. The zero-order valence-electron chi connectivity index (χ0n) is 22.4. The smallest absolute Gasteiger partial charge is 0.269 e. The van der Waals surface area contributed by atoms with E-state index in [0.717, 1.165) is 38.8 Å². The molecule has 2 aromatic carbocycles. The van der Waals surface area contributed by atoms with Crippen molar-refractivity contribution >= 4 is 23.2 Å². The number of amides is 2. The summed E-state index contributed by atoms with van der Waals surface area (Å²) in [5, 5.41) is 17.4. The van der Waals surface area contributed by atoms with Gasteiger partial charge >= 0.3 is 0 Å². The summed E-state index contributed by atoms with van der Waals surface area (Å²) in [6.07, 6.45) is 3.98. The van der Waals surface area contributed by atoms with Gasteiger partial charge in [0.25, 0.3) is 11.6 Å². The molecule has 1 saturated carbocycles. The number of nitro benzene ring substituents is 1. The number of halogens is 1. The third kappa shape index (κ3) is 6.53. The van der Waals surface area contributed by atoms with Crippen LogP contribution in [0.25, 0.3) is 0 Å². The second-order valence-corrected chi connectivity index (χ2v) is 10.6. The van der Waals surface area contributed by atoms with Gasteiger partial charge in [0.05, 0.1) is 29.9 Å². The molecule has 0 spiro atoms. The average Bonchev–Trinajstić information content (AvgIpc) is 3.67. The monoisotopic (exact) mass is 551 g/mol. The number of carbonyl (C=O) groups is 2. The SMILES string of the molecule is O=C(C1CCCC1)N(CCN1CCOCC1)CC(=O)N1N=C(c2ccc(F)cc2)C[C@@H]1c1cccc([N+](=O)[O-])c1. The molecule has 5 rings (SSSR count). The molecule has 2 heterocycles. The van der Waals surface area contributed by atoms with Crippen molar-refractivity contribution in [2.24, 2.45) is 11.0 Å². The first-order valence-corrected chi connectivity index (χ1v) is 13.9. The fourth-order valence-electron chi connectivity index (χ4n) is 5.68. The number of hydrogen-bond donors (Lipinski definition) is 0. The average molecular weight is 552 g/mol. The number of nitrogens with zero attached hydrogens (tertiary/aromatic N) is 5. The number of morpholine rings is 1. The Morgan fingerprint density at radius 1 is 1.10 bits per heavy atom. The lowest BCUT2D eigenvalue weighted by Gasteiger charge is -2.32. The summed E-state index contributed by atoms with van der Waals surface area (Å²) in [6, 6.07) is 11.5. The van der Waals surface area contributed by atoms with Crippen molar-refractivity contribution in [1.29, 1.82) is 0 Å². The van der Waals surface area contributed by atoms with Crippen molar-refractivity contribution in [3.63, 3.8) is 0 Å². The van der Waals surface area contributed by atoms with Crippen LogP contribution in [0.5, 0.6) is 0 Å². The van der Waals surface area contributed by atoms with E-state index >= 15 is 0 Å². The number of rotatable bonds is 9. The first kappa shape index (κ1) is 27.9. The molecule has 3 aliphatic rings. The molecule has 0 radical (unpaired) electrons. The van der Waals surface area contributed by atoms with Gasteiger partial charge in [-0.25, -0.2) is 9.40 Å². The molecule has 11 heteroatoms.